The van der Waals surface area contributed by atoms with Crippen LogP contribution in [0.3, 0.4) is 0 Å². The zero-order valence-electron chi connectivity index (χ0n) is 11.0. The first-order valence-electron chi connectivity index (χ1n) is 6.24. The second-order valence-electron chi connectivity index (χ2n) is 4.98. The van der Waals surface area contributed by atoms with Crippen molar-refractivity contribution in [2.75, 3.05) is 6.79 Å². The Labute approximate surface area is 110 Å². The molecular formula is C14H16N2O3. The van der Waals surface area contributed by atoms with Gasteiger partial charge in [-0.25, -0.2) is 0 Å². The number of nitrogens with two attached hydrogens (primary N) is 1. The molecule has 0 saturated carbocycles. The molecule has 2 heterocycles. The Kier molecular flexibility index (Phi) is 2.71. The van der Waals surface area contributed by atoms with Crippen molar-refractivity contribution in [2.24, 2.45) is 12.8 Å². The van der Waals surface area contributed by atoms with E-state index in [1.807, 2.05) is 25.1 Å². The molecule has 0 amide bonds. The average Bonchev–Trinajstić information content (AvgIpc) is 2.80. The van der Waals surface area contributed by atoms with Gasteiger partial charge in [-0.1, -0.05) is 0 Å². The van der Waals surface area contributed by atoms with Crippen molar-refractivity contribution in [1.82, 2.24) is 4.57 Å². The van der Waals surface area contributed by atoms with E-state index in [2.05, 4.69) is 0 Å². The number of rotatable bonds is 2. The minimum absolute atomic E-state index is 0.0105. The molecule has 100 valence electrons. The van der Waals surface area contributed by atoms with E-state index in [1.54, 1.807) is 11.6 Å². The molecule has 3 rings (SSSR count). The fourth-order valence-corrected chi connectivity index (χ4v) is 2.42. The Balaban J connectivity index is 2.25. The Bertz CT molecular complexity index is 704. The van der Waals surface area contributed by atoms with Crippen LogP contribution >= 0.6 is 0 Å². The van der Waals surface area contributed by atoms with Crippen LogP contribution < -0.4 is 20.8 Å². The lowest BCUT2D eigenvalue weighted by molar-refractivity contribution is 0.174. The zero-order chi connectivity index (χ0) is 13.6. The first kappa shape index (κ1) is 12.0. The first-order valence-corrected chi connectivity index (χ1v) is 6.24. The van der Waals surface area contributed by atoms with E-state index in [1.165, 1.54) is 0 Å². The van der Waals surface area contributed by atoms with Gasteiger partial charge in [-0.15, -0.1) is 0 Å². The fourth-order valence-electron chi connectivity index (χ4n) is 2.42. The van der Waals surface area contributed by atoms with Crippen LogP contribution in [0.25, 0.3) is 10.9 Å². The van der Waals surface area contributed by atoms with Crippen LogP contribution in [0.1, 0.15) is 12.5 Å². The summed E-state index contributed by atoms with van der Waals surface area (Å²) in [7, 11) is 1.76. The van der Waals surface area contributed by atoms with Crippen molar-refractivity contribution in [2.45, 2.75) is 19.4 Å². The number of ether oxygens (including phenoxy) is 2. The number of aromatic nitrogens is 1. The van der Waals surface area contributed by atoms with Crippen LogP contribution in [-0.4, -0.2) is 17.4 Å². The summed E-state index contributed by atoms with van der Waals surface area (Å²) >= 11 is 0. The van der Waals surface area contributed by atoms with Crippen molar-refractivity contribution in [1.29, 1.82) is 0 Å². The molecular weight excluding hydrogens is 244 g/mol. The summed E-state index contributed by atoms with van der Waals surface area (Å²) in [6.07, 6.45) is 0.567. The van der Waals surface area contributed by atoms with Crippen LogP contribution in [0.5, 0.6) is 11.5 Å². The molecule has 1 aromatic heterocycles. The van der Waals surface area contributed by atoms with E-state index in [9.17, 15) is 4.79 Å². The van der Waals surface area contributed by atoms with Gasteiger partial charge < -0.3 is 19.8 Å². The molecule has 2 aromatic rings. The van der Waals surface area contributed by atoms with Gasteiger partial charge in [-0.05, 0) is 25.5 Å². The third-order valence-electron chi connectivity index (χ3n) is 3.33. The number of fused-ring (bicyclic) bond motifs is 2. The normalized spacial score (nSPS) is 14.9. The van der Waals surface area contributed by atoms with Gasteiger partial charge in [0.15, 0.2) is 11.5 Å². The summed E-state index contributed by atoms with van der Waals surface area (Å²) in [6, 6.07) is 5.60. The lowest BCUT2D eigenvalue weighted by Crippen LogP contribution is -2.27. The van der Waals surface area contributed by atoms with Crippen molar-refractivity contribution in [3.8, 4) is 11.5 Å². The van der Waals surface area contributed by atoms with Crippen molar-refractivity contribution < 1.29 is 9.47 Å². The number of aryl methyl sites for hydroxylation is 1. The molecule has 19 heavy (non-hydrogen) atoms. The highest BCUT2D eigenvalue weighted by molar-refractivity contribution is 5.84. The quantitative estimate of drug-likeness (QED) is 0.879. The molecule has 1 aliphatic rings. The highest BCUT2D eigenvalue weighted by atomic mass is 16.7. The monoisotopic (exact) mass is 260 g/mol. The van der Waals surface area contributed by atoms with Crippen LogP contribution in [-0.2, 0) is 13.5 Å². The SMILES string of the molecule is CC(N)Cc1cc2cc3c(cc2n(C)c1=O)OCO3. The summed E-state index contributed by atoms with van der Waals surface area (Å²) < 4.78 is 12.3. The number of hydrogen-bond acceptors (Lipinski definition) is 4. The summed E-state index contributed by atoms with van der Waals surface area (Å²) in [4.78, 5) is 12.3. The molecule has 1 atom stereocenters. The third-order valence-corrected chi connectivity index (χ3v) is 3.33. The maximum atomic E-state index is 12.3. The van der Waals surface area contributed by atoms with Crippen LogP contribution in [0, 0.1) is 0 Å². The molecule has 5 nitrogen and oxygen atoms in total. The van der Waals surface area contributed by atoms with Crippen LogP contribution in [0.4, 0.5) is 0 Å². The smallest absolute Gasteiger partial charge is 0.254 e. The maximum absolute atomic E-state index is 12.3. The number of nitrogens with zero attached hydrogens (tertiary/aromatic N) is 1. The van der Waals surface area contributed by atoms with E-state index < -0.39 is 0 Å². The minimum atomic E-state index is -0.0424. The molecule has 2 N–H and O–H groups in total. The second-order valence-corrected chi connectivity index (χ2v) is 4.98. The molecule has 0 fully saturated rings. The Morgan fingerprint density at radius 2 is 2.00 bits per heavy atom. The molecule has 5 heteroatoms. The van der Waals surface area contributed by atoms with Crippen molar-refractivity contribution in [3.05, 3.63) is 34.1 Å². The van der Waals surface area contributed by atoms with E-state index in [0.717, 1.165) is 22.2 Å². The van der Waals surface area contributed by atoms with Gasteiger partial charge in [0, 0.05) is 30.1 Å². The topological polar surface area (TPSA) is 66.5 Å². The predicted molar refractivity (Wildman–Crippen MR) is 72.7 cm³/mol. The van der Waals surface area contributed by atoms with Crippen LogP contribution in [0.2, 0.25) is 0 Å². The van der Waals surface area contributed by atoms with Gasteiger partial charge >= 0.3 is 0 Å². The third kappa shape index (κ3) is 1.96. The molecule has 1 aliphatic heterocycles. The Hall–Kier alpha value is -2.01. The standard InChI is InChI=1S/C14H16N2O3/c1-8(15)3-10-4-9-5-12-13(19-7-18-12)6-11(9)16(2)14(10)17/h4-6,8H,3,7,15H2,1-2H3. The van der Waals surface area contributed by atoms with Gasteiger partial charge in [0.05, 0.1) is 5.52 Å². The van der Waals surface area contributed by atoms with Gasteiger partial charge in [-0.2, -0.15) is 0 Å². The number of hydrogen-bond donors (Lipinski definition) is 1. The zero-order valence-corrected chi connectivity index (χ0v) is 11.0. The van der Waals surface area contributed by atoms with Crippen molar-refractivity contribution in [3.63, 3.8) is 0 Å². The predicted octanol–water partition coefficient (Wildman–Crippen LogP) is 1.16. The summed E-state index contributed by atoms with van der Waals surface area (Å²) in [6.45, 7) is 2.12. The van der Waals surface area contributed by atoms with E-state index in [0.29, 0.717) is 12.2 Å². The first-order chi connectivity index (χ1) is 9.06. The molecule has 0 radical (unpaired) electrons. The molecule has 0 aliphatic carbocycles. The molecule has 0 spiro atoms. The molecule has 1 aromatic carbocycles. The van der Waals surface area contributed by atoms with E-state index in [-0.39, 0.29) is 18.4 Å². The summed E-state index contributed by atoms with van der Waals surface area (Å²) in [5.41, 5.74) is 7.34. The largest absolute Gasteiger partial charge is 0.454 e. The fraction of sp³-hybridized carbons (Fsp3) is 0.357. The molecule has 0 saturated heterocycles. The molecule has 1 unspecified atom stereocenters. The van der Waals surface area contributed by atoms with E-state index >= 15 is 0 Å². The minimum Gasteiger partial charge on any atom is -0.454 e. The van der Waals surface area contributed by atoms with Crippen LogP contribution in [0.15, 0.2) is 23.0 Å². The number of pyridine rings is 1. The maximum Gasteiger partial charge on any atom is 0.254 e. The highest BCUT2D eigenvalue weighted by Gasteiger charge is 2.17. The number of benzene rings is 1. The summed E-state index contributed by atoms with van der Waals surface area (Å²) in [5.74, 6) is 1.40. The van der Waals surface area contributed by atoms with Crippen molar-refractivity contribution >= 4 is 10.9 Å². The van der Waals surface area contributed by atoms with Gasteiger partial charge in [0.2, 0.25) is 6.79 Å². The van der Waals surface area contributed by atoms with Gasteiger partial charge in [0.1, 0.15) is 0 Å². The Morgan fingerprint density at radius 3 is 2.68 bits per heavy atom. The van der Waals surface area contributed by atoms with Gasteiger partial charge in [0.25, 0.3) is 5.56 Å². The lowest BCUT2D eigenvalue weighted by Gasteiger charge is -2.11. The summed E-state index contributed by atoms with van der Waals surface area (Å²) in [5, 5.41) is 0.960. The van der Waals surface area contributed by atoms with E-state index in [4.69, 9.17) is 15.2 Å². The van der Waals surface area contributed by atoms with Gasteiger partial charge in [-0.3, -0.25) is 4.79 Å². The molecule has 0 bridgehead atoms. The Morgan fingerprint density at radius 1 is 1.32 bits per heavy atom. The second kappa shape index (κ2) is 4.28. The average molecular weight is 260 g/mol. The highest BCUT2D eigenvalue weighted by Crippen LogP contribution is 2.35. The lowest BCUT2D eigenvalue weighted by atomic mass is 10.1.